The Bertz CT molecular complexity index is 600. The lowest BCUT2D eigenvalue weighted by molar-refractivity contribution is -0.117. The predicted octanol–water partition coefficient (Wildman–Crippen LogP) is 2.87. The third-order valence-corrected chi connectivity index (χ3v) is 6.10. The van der Waals surface area contributed by atoms with Crippen molar-refractivity contribution in [3.8, 4) is 0 Å². The van der Waals surface area contributed by atoms with Gasteiger partial charge in [-0.15, -0.1) is 0 Å². The van der Waals surface area contributed by atoms with Crippen LogP contribution in [0.2, 0.25) is 0 Å². The molecule has 0 aromatic heterocycles. The SMILES string of the molecule is CCN(C(=O)[C@@H](C)S(=O)(=O)C(C)C)c1cc(C)cc(C)c1. The highest BCUT2D eigenvalue weighted by Gasteiger charge is 2.33. The molecular weight excluding hydrogens is 286 g/mol. The van der Waals surface area contributed by atoms with Crippen LogP contribution in [0.4, 0.5) is 5.69 Å². The smallest absolute Gasteiger partial charge is 0.245 e. The van der Waals surface area contributed by atoms with Gasteiger partial charge in [-0.2, -0.15) is 0 Å². The van der Waals surface area contributed by atoms with Crippen LogP contribution in [0.1, 0.15) is 38.8 Å². The van der Waals surface area contributed by atoms with Crippen molar-refractivity contribution in [3.63, 3.8) is 0 Å². The van der Waals surface area contributed by atoms with Gasteiger partial charge in [0.05, 0.1) is 5.25 Å². The van der Waals surface area contributed by atoms with Gasteiger partial charge in [-0.25, -0.2) is 8.42 Å². The molecule has 1 aromatic rings. The molecule has 0 saturated heterocycles. The van der Waals surface area contributed by atoms with Gasteiger partial charge in [0, 0.05) is 12.2 Å². The fourth-order valence-electron chi connectivity index (χ4n) is 2.34. The highest BCUT2D eigenvalue weighted by Crippen LogP contribution is 2.21. The van der Waals surface area contributed by atoms with Crippen molar-refractivity contribution in [1.29, 1.82) is 0 Å². The van der Waals surface area contributed by atoms with Gasteiger partial charge in [-0.1, -0.05) is 6.07 Å². The first-order chi connectivity index (χ1) is 9.61. The summed E-state index contributed by atoms with van der Waals surface area (Å²) in [5.74, 6) is -0.365. The maximum atomic E-state index is 12.6. The van der Waals surface area contributed by atoms with Crippen LogP contribution in [-0.4, -0.2) is 31.4 Å². The van der Waals surface area contributed by atoms with E-state index in [1.54, 1.807) is 18.7 Å². The Morgan fingerprint density at radius 3 is 1.95 bits per heavy atom. The number of benzene rings is 1. The first kappa shape index (κ1) is 17.7. The zero-order chi connectivity index (χ0) is 16.4. The van der Waals surface area contributed by atoms with Gasteiger partial charge in [0.15, 0.2) is 9.84 Å². The van der Waals surface area contributed by atoms with Gasteiger partial charge < -0.3 is 4.90 Å². The van der Waals surface area contributed by atoms with Crippen LogP contribution in [0, 0.1) is 13.8 Å². The Labute approximate surface area is 128 Å². The summed E-state index contributed by atoms with van der Waals surface area (Å²) in [7, 11) is -3.45. The molecule has 1 rings (SSSR count). The van der Waals surface area contributed by atoms with Crippen molar-refractivity contribution in [2.45, 2.75) is 52.0 Å². The number of sulfone groups is 1. The third-order valence-electron chi connectivity index (χ3n) is 3.60. The van der Waals surface area contributed by atoms with Crippen LogP contribution in [0.15, 0.2) is 18.2 Å². The van der Waals surface area contributed by atoms with Crippen molar-refractivity contribution in [2.75, 3.05) is 11.4 Å². The number of anilines is 1. The second-order valence-corrected chi connectivity index (χ2v) is 8.54. The van der Waals surface area contributed by atoms with Crippen LogP contribution in [-0.2, 0) is 14.6 Å². The first-order valence-corrected chi connectivity index (χ1v) is 8.84. The quantitative estimate of drug-likeness (QED) is 0.840. The molecule has 4 nitrogen and oxygen atoms in total. The largest absolute Gasteiger partial charge is 0.312 e. The van der Waals surface area contributed by atoms with E-state index in [1.165, 1.54) is 6.92 Å². The zero-order valence-electron chi connectivity index (χ0n) is 13.7. The highest BCUT2D eigenvalue weighted by molar-refractivity contribution is 7.93. The summed E-state index contributed by atoms with van der Waals surface area (Å²) in [5.41, 5.74) is 2.86. The fourth-order valence-corrected chi connectivity index (χ4v) is 3.57. The Balaban J connectivity index is 3.18. The molecule has 0 bridgehead atoms. The number of hydrogen-bond acceptors (Lipinski definition) is 3. The minimum atomic E-state index is -3.45. The molecule has 0 fully saturated rings. The van der Waals surface area contributed by atoms with Crippen LogP contribution < -0.4 is 4.90 Å². The van der Waals surface area contributed by atoms with Crippen molar-refractivity contribution in [2.24, 2.45) is 0 Å². The Morgan fingerprint density at radius 1 is 1.10 bits per heavy atom. The minimum absolute atomic E-state index is 0.365. The van der Waals surface area contributed by atoms with Gasteiger partial charge >= 0.3 is 0 Å². The Kier molecular flexibility index (Phi) is 5.56. The van der Waals surface area contributed by atoms with Crippen LogP contribution in [0.5, 0.6) is 0 Å². The minimum Gasteiger partial charge on any atom is -0.312 e. The predicted molar refractivity (Wildman–Crippen MR) is 87.5 cm³/mol. The van der Waals surface area contributed by atoms with Crippen molar-refractivity contribution >= 4 is 21.4 Å². The molecule has 0 aliphatic rings. The summed E-state index contributed by atoms with van der Waals surface area (Å²) in [4.78, 5) is 14.1. The molecule has 118 valence electrons. The lowest BCUT2D eigenvalue weighted by atomic mass is 10.1. The molecule has 0 aliphatic carbocycles. The summed E-state index contributed by atoms with van der Waals surface area (Å²) in [6.45, 7) is 10.9. The van der Waals surface area contributed by atoms with E-state index in [0.29, 0.717) is 6.54 Å². The van der Waals surface area contributed by atoms with Gasteiger partial charge in [-0.3, -0.25) is 4.79 Å². The maximum Gasteiger partial charge on any atom is 0.245 e. The molecule has 0 radical (unpaired) electrons. The molecule has 0 N–H and O–H groups in total. The number of nitrogens with zero attached hydrogens (tertiary/aromatic N) is 1. The van der Waals surface area contributed by atoms with E-state index in [4.69, 9.17) is 0 Å². The molecule has 1 amide bonds. The number of carbonyl (C=O) groups excluding carboxylic acids is 1. The van der Waals surface area contributed by atoms with Crippen LogP contribution >= 0.6 is 0 Å². The lowest BCUT2D eigenvalue weighted by Crippen LogP contribution is -2.43. The van der Waals surface area contributed by atoms with Gasteiger partial charge in [0.2, 0.25) is 5.91 Å². The third kappa shape index (κ3) is 3.84. The monoisotopic (exact) mass is 311 g/mol. The van der Waals surface area contributed by atoms with Crippen LogP contribution in [0.25, 0.3) is 0 Å². The molecule has 0 heterocycles. The topological polar surface area (TPSA) is 54.5 Å². The lowest BCUT2D eigenvalue weighted by Gasteiger charge is -2.26. The van der Waals surface area contributed by atoms with E-state index in [0.717, 1.165) is 16.8 Å². The fraction of sp³-hybridized carbons (Fsp3) is 0.562. The molecular formula is C16H25NO3S. The first-order valence-electron chi connectivity index (χ1n) is 7.23. The van der Waals surface area contributed by atoms with Crippen molar-refractivity contribution < 1.29 is 13.2 Å². The second kappa shape index (κ2) is 6.60. The number of hydrogen-bond donors (Lipinski definition) is 0. The summed E-state index contributed by atoms with van der Waals surface area (Å²) >= 11 is 0. The molecule has 0 saturated carbocycles. The summed E-state index contributed by atoms with van der Waals surface area (Å²) in [5, 5.41) is -1.59. The average Bonchev–Trinajstić information content (AvgIpc) is 2.37. The van der Waals surface area contributed by atoms with E-state index in [-0.39, 0.29) is 5.91 Å². The van der Waals surface area contributed by atoms with E-state index in [2.05, 4.69) is 0 Å². The second-order valence-electron chi connectivity index (χ2n) is 5.71. The van der Waals surface area contributed by atoms with E-state index in [9.17, 15) is 13.2 Å². The maximum absolute atomic E-state index is 12.6. The van der Waals surface area contributed by atoms with Crippen LogP contribution in [0.3, 0.4) is 0 Å². The molecule has 0 aliphatic heterocycles. The van der Waals surface area contributed by atoms with Crippen molar-refractivity contribution in [1.82, 2.24) is 0 Å². The van der Waals surface area contributed by atoms with E-state index >= 15 is 0 Å². The molecule has 21 heavy (non-hydrogen) atoms. The van der Waals surface area contributed by atoms with Crippen molar-refractivity contribution in [3.05, 3.63) is 29.3 Å². The van der Waals surface area contributed by atoms with Gasteiger partial charge in [-0.05, 0) is 64.8 Å². The molecule has 1 atom stereocenters. The number of amides is 1. The van der Waals surface area contributed by atoms with Gasteiger partial charge in [0.1, 0.15) is 5.25 Å². The molecule has 5 heteroatoms. The van der Waals surface area contributed by atoms with E-state index < -0.39 is 20.3 Å². The Hall–Kier alpha value is -1.36. The molecule has 0 unspecified atom stereocenters. The highest BCUT2D eigenvalue weighted by atomic mass is 32.2. The standard InChI is InChI=1S/C16H25NO3S/c1-7-17(15-9-12(4)8-13(5)10-15)16(18)14(6)21(19,20)11(2)3/h8-11,14H,7H2,1-6H3/t14-/m1/s1. The summed E-state index contributed by atoms with van der Waals surface area (Å²) in [6.07, 6.45) is 0. The van der Waals surface area contributed by atoms with E-state index in [1.807, 2.05) is 39.0 Å². The van der Waals surface area contributed by atoms with Gasteiger partial charge in [0.25, 0.3) is 0 Å². The molecule has 1 aromatic carbocycles. The zero-order valence-corrected chi connectivity index (χ0v) is 14.5. The Morgan fingerprint density at radius 2 is 1.57 bits per heavy atom. The summed E-state index contributed by atoms with van der Waals surface area (Å²) < 4.78 is 24.4. The average molecular weight is 311 g/mol. The summed E-state index contributed by atoms with van der Waals surface area (Å²) in [6, 6.07) is 5.84. The normalized spacial score (nSPS) is 13.3. The number of aryl methyl sites for hydroxylation is 2. The molecule has 0 spiro atoms. The number of carbonyl (C=O) groups is 1. The number of rotatable bonds is 5.